The Morgan fingerprint density at radius 3 is 2.41 bits per heavy atom. The molecule has 5 nitrogen and oxygen atoms in total. The van der Waals surface area contributed by atoms with Gasteiger partial charge >= 0.3 is 5.97 Å². The molecule has 3 N–H and O–H groups in total. The smallest absolute Gasteiger partial charge is 0.303 e. The molecule has 0 aliphatic heterocycles. The lowest BCUT2D eigenvalue weighted by Gasteiger charge is -2.11. The van der Waals surface area contributed by atoms with Crippen LogP contribution in [0.3, 0.4) is 0 Å². The summed E-state index contributed by atoms with van der Waals surface area (Å²) in [5.41, 5.74) is 0.714. The predicted octanol–water partition coefficient (Wildman–Crippen LogP) is 0.701. The minimum atomic E-state index is -1.01. The van der Waals surface area contributed by atoms with E-state index in [0.29, 0.717) is 5.56 Å². The first-order valence-corrected chi connectivity index (χ1v) is 5.31. The number of rotatable bonds is 6. The molecule has 0 aliphatic rings. The topological polar surface area (TPSA) is 86.6 Å². The molecule has 0 spiro atoms. The first-order valence-electron chi connectivity index (χ1n) is 5.31. The van der Waals surface area contributed by atoms with E-state index in [1.807, 2.05) is 6.07 Å². The summed E-state index contributed by atoms with van der Waals surface area (Å²) in [5.74, 6) is -1.38. The number of carbonyl (C=O) groups excluding carboxylic acids is 1. The quantitative estimate of drug-likeness (QED) is 0.679. The van der Waals surface area contributed by atoms with Crippen LogP contribution in [0, 0.1) is 0 Å². The molecule has 1 rings (SSSR count). The fraction of sp³-hybridized carbons (Fsp3) is 0.333. The zero-order chi connectivity index (χ0) is 12.7. The lowest BCUT2D eigenvalue weighted by atomic mass is 10.1. The first kappa shape index (κ1) is 13.2. The molecule has 0 aliphatic carbocycles. The first-order chi connectivity index (χ1) is 8.09. The van der Waals surface area contributed by atoms with Gasteiger partial charge < -0.3 is 15.5 Å². The molecule has 1 aromatic carbocycles. The van der Waals surface area contributed by atoms with Crippen molar-refractivity contribution in [3.8, 4) is 0 Å². The van der Waals surface area contributed by atoms with Gasteiger partial charge in [0.25, 0.3) is 0 Å². The largest absolute Gasteiger partial charge is 0.481 e. The van der Waals surface area contributed by atoms with Gasteiger partial charge in [0, 0.05) is 13.0 Å². The highest BCUT2D eigenvalue weighted by atomic mass is 16.4. The van der Waals surface area contributed by atoms with Crippen molar-refractivity contribution in [1.29, 1.82) is 0 Å². The Balaban J connectivity index is 2.31. The van der Waals surface area contributed by atoms with E-state index in [1.54, 1.807) is 24.3 Å². The molecule has 1 atom stereocenters. The molecule has 92 valence electrons. The SMILES string of the molecule is O=C(O)CCC(=O)NC[C@H](O)c1ccccc1. The zero-order valence-electron chi connectivity index (χ0n) is 9.30. The monoisotopic (exact) mass is 237 g/mol. The second-order valence-electron chi connectivity index (χ2n) is 3.62. The molecule has 0 unspecified atom stereocenters. The Hall–Kier alpha value is -1.88. The van der Waals surface area contributed by atoms with Crippen LogP contribution in [-0.4, -0.2) is 28.6 Å². The van der Waals surface area contributed by atoms with Crippen molar-refractivity contribution in [3.63, 3.8) is 0 Å². The molecular weight excluding hydrogens is 222 g/mol. The summed E-state index contributed by atoms with van der Waals surface area (Å²) < 4.78 is 0. The minimum Gasteiger partial charge on any atom is -0.481 e. The average molecular weight is 237 g/mol. The number of nitrogens with one attached hydrogen (secondary N) is 1. The van der Waals surface area contributed by atoms with Crippen LogP contribution in [0.2, 0.25) is 0 Å². The maximum Gasteiger partial charge on any atom is 0.303 e. The van der Waals surface area contributed by atoms with Gasteiger partial charge in [-0.05, 0) is 5.56 Å². The maximum absolute atomic E-state index is 11.2. The Kier molecular flexibility index (Phi) is 5.16. The standard InChI is InChI=1S/C12H15NO4/c14-10(9-4-2-1-3-5-9)8-13-11(15)6-7-12(16)17/h1-5,10,14H,6-8H2,(H,13,15)(H,16,17)/t10-/m0/s1. The van der Waals surface area contributed by atoms with Crippen LogP contribution >= 0.6 is 0 Å². The third kappa shape index (κ3) is 5.12. The summed E-state index contributed by atoms with van der Waals surface area (Å²) in [6.07, 6.45) is -1.05. The molecule has 1 aromatic rings. The zero-order valence-corrected chi connectivity index (χ0v) is 9.30. The van der Waals surface area contributed by atoms with Gasteiger partial charge in [-0.2, -0.15) is 0 Å². The third-order valence-corrected chi connectivity index (χ3v) is 2.24. The second-order valence-corrected chi connectivity index (χ2v) is 3.62. The lowest BCUT2D eigenvalue weighted by molar-refractivity contribution is -0.138. The lowest BCUT2D eigenvalue weighted by Crippen LogP contribution is -2.28. The highest BCUT2D eigenvalue weighted by molar-refractivity contribution is 5.80. The van der Waals surface area contributed by atoms with Gasteiger partial charge in [0.2, 0.25) is 5.91 Å². The van der Waals surface area contributed by atoms with Crippen molar-refractivity contribution >= 4 is 11.9 Å². The summed E-state index contributed by atoms with van der Waals surface area (Å²) in [4.78, 5) is 21.4. The number of hydrogen-bond acceptors (Lipinski definition) is 3. The van der Waals surface area contributed by atoms with Crippen LogP contribution in [0.4, 0.5) is 0 Å². The number of amides is 1. The molecule has 5 heteroatoms. The number of carboxylic acids is 1. The molecule has 1 amide bonds. The molecule has 0 bridgehead atoms. The van der Waals surface area contributed by atoms with Gasteiger partial charge in [0.15, 0.2) is 0 Å². The van der Waals surface area contributed by atoms with Crippen molar-refractivity contribution < 1.29 is 19.8 Å². The van der Waals surface area contributed by atoms with E-state index in [1.165, 1.54) is 0 Å². The fourth-order valence-corrected chi connectivity index (χ4v) is 1.31. The van der Waals surface area contributed by atoms with Crippen molar-refractivity contribution in [1.82, 2.24) is 5.32 Å². The number of hydrogen-bond donors (Lipinski definition) is 3. The predicted molar refractivity (Wildman–Crippen MR) is 61.3 cm³/mol. The van der Waals surface area contributed by atoms with Crippen molar-refractivity contribution in [3.05, 3.63) is 35.9 Å². The van der Waals surface area contributed by atoms with Crippen LogP contribution in [-0.2, 0) is 9.59 Å². The second kappa shape index (κ2) is 6.65. The number of aliphatic carboxylic acids is 1. The van der Waals surface area contributed by atoms with Crippen molar-refractivity contribution in [2.24, 2.45) is 0 Å². The van der Waals surface area contributed by atoms with Gasteiger partial charge in [-0.15, -0.1) is 0 Å². The van der Waals surface area contributed by atoms with Crippen molar-refractivity contribution in [2.45, 2.75) is 18.9 Å². The highest BCUT2D eigenvalue weighted by Gasteiger charge is 2.09. The van der Waals surface area contributed by atoms with E-state index in [9.17, 15) is 14.7 Å². The number of benzene rings is 1. The van der Waals surface area contributed by atoms with Crippen LogP contribution in [0.1, 0.15) is 24.5 Å². The van der Waals surface area contributed by atoms with Crippen LogP contribution in [0.5, 0.6) is 0 Å². The summed E-state index contributed by atoms with van der Waals surface area (Å²) >= 11 is 0. The van der Waals surface area contributed by atoms with Gasteiger partial charge in [0.05, 0.1) is 12.5 Å². The maximum atomic E-state index is 11.2. The van der Waals surface area contributed by atoms with Gasteiger partial charge in [-0.3, -0.25) is 9.59 Å². The minimum absolute atomic E-state index is 0.0726. The number of aliphatic hydroxyl groups excluding tert-OH is 1. The normalized spacial score (nSPS) is 11.8. The van der Waals surface area contributed by atoms with E-state index in [2.05, 4.69) is 5.32 Å². The van der Waals surface area contributed by atoms with Gasteiger partial charge in [0.1, 0.15) is 0 Å². The van der Waals surface area contributed by atoms with Gasteiger partial charge in [-0.1, -0.05) is 30.3 Å². The van der Waals surface area contributed by atoms with Crippen LogP contribution in [0.15, 0.2) is 30.3 Å². The summed E-state index contributed by atoms with van der Waals surface area (Å²) in [6.45, 7) is 0.0858. The Bertz CT molecular complexity index is 377. The molecule has 0 aromatic heterocycles. The number of aliphatic hydroxyl groups is 1. The summed E-state index contributed by atoms with van der Waals surface area (Å²) in [7, 11) is 0. The van der Waals surface area contributed by atoms with Gasteiger partial charge in [-0.25, -0.2) is 0 Å². The van der Waals surface area contributed by atoms with E-state index < -0.39 is 12.1 Å². The Morgan fingerprint density at radius 1 is 1.18 bits per heavy atom. The Morgan fingerprint density at radius 2 is 1.82 bits per heavy atom. The van der Waals surface area contributed by atoms with E-state index in [-0.39, 0.29) is 25.3 Å². The molecule has 0 saturated heterocycles. The molecule has 0 radical (unpaired) electrons. The molecule has 0 heterocycles. The fourth-order valence-electron chi connectivity index (χ4n) is 1.31. The van der Waals surface area contributed by atoms with Crippen molar-refractivity contribution in [2.75, 3.05) is 6.54 Å². The van der Waals surface area contributed by atoms with Crippen LogP contribution < -0.4 is 5.32 Å². The molecular formula is C12H15NO4. The molecule has 0 fully saturated rings. The average Bonchev–Trinajstić information content (AvgIpc) is 2.34. The third-order valence-electron chi connectivity index (χ3n) is 2.24. The number of carbonyl (C=O) groups is 2. The van der Waals surface area contributed by atoms with E-state index in [0.717, 1.165) is 0 Å². The highest BCUT2D eigenvalue weighted by Crippen LogP contribution is 2.10. The molecule has 0 saturated carbocycles. The van der Waals surface area contributed by atoms with E-state index >= 15 is 0 Å². The number of carboxylic acid groups (broad SMARTS) is 1. The van der Waals surface area contributed by atoms with E-state index in [4.69, 9.17) is 5.11 Å². The van der Waals surface area contributed by atoms with Crippen LogP contribution in [0.25, 0.3) is 0 Å². The summed E-state index contributed by atoms with van der Waals surface area (Å²) in [6, 6.07) is 8.94. The Labute approximate surface area is 99.1 Å². The summed E-state index contributed by atoms with van der Waals surface area (Å²) in [5, 5.41) is 20.6. The molecule has 17 heavy (non-hydrogen) atoms.